The van der Waals surface area contributed by atoms with Gasteiger partial charge in [-0.3, -0.25) is 14.4 Å². The number of nitrogens with one attached hydrogen (secondary N) is 1. The lowest BCUT2D eigenvalue weighted by atomic mass is 9.95. The molecule has 2 heterocycles. The maximum atomic E-state index is 12.6. The normalized spacial score (nSPS) is 14.5. The molecular weight excluding hydrogens is 526 g/mol. The number of carbonyl (C=O) groups is 1. The summed E-state index contributed by atoms with van der Waals surface area (Å²) in [6, 6.07) is 21.7. The van der Waals surface area contributed by atoms with Gasteiger partial charge in [0.25, 0.3) is 0 Å². The van der Waals surface area contributed by atoms with Crippen molar-refractivity contribution in [2.45, 2.75) is 26.3 Å². The topological polar surface area (TPSA) is 72.2 Å². The van der Waals surface area contributed by atoms with E-state index in [1.54, 1.807) is 0 Å². The largest absolute Gasteiger partial charge is 0.356 e. The van der Waals surface area contributed by atoms with Crippen molar-refractivity contribution in [3.05, 3.63) is 99.0 Å². The van der Waals surface area contributed by atoms with Crippen molar-refractivity contribution in [3.8, 4) is 16.8 Å². The number of rotatable bonds is 5. The van der Waals surface area contributed by atoms with Gasteiger partial charge in [0.1, 0.15) is 11.9 Å². The van der Waals surface area contributed by atoms with Crippen LogP contribution in [0.25, 0.3) is 16.8 Å². The zero-order valence-corrected chi connectivity index (χ0v) is 21.6. The van der Waals surface area contributed by atoms with Gasteiger partial charge in [-0.15, -0.1) is 10.2 Å². The third-order valence-electron chi connectivity index (χ3n) is 5.97. The van der Waals surface area contributed by atoms with E-state index in [0.717, 1.165) is 44.0 Å². The van der Waals surface area contributed by atoms with E-state index in [2.05, 4.69) is 61.8 Å². The quantitative estimate of drug-likeness (QED) is 0.329. The number of fused-ring (bicyclic) bond motifs is 3. The van der Waals surface area contributed by atoms with E-state index in [0.29, 0.717) is 17.4 Å². The average Bonchev–Trinajstić information content (AvgIpc) is 3.17. The molecule has 1 aliphatic heterocycles. The molecule has 0 bridgehead atoms. The Labute approximate surface area is 217 Å². The molecule has 1 N–H and O–H groups in total. The van der Waals surface area contributed by atoms with Crippen molar-refractivity contribution in [1.82, 2.24) is 20.1 Å². The van der Waals surface area contributed by atoms with E-state index in [9.17, 15) is 4.79 Å². The molecule has 1 atom stereocenters. The van der Waals surface area contributed by atoms with Crippen LogP contribution in [0, 0.1) is 6.92 Å². The minimum absolute atomic E-state index is 0.0783. The van der Waals surface area contributed by atoms with Crippen LogP contribution in [-0.4, -0.2) is 32.9 Å². The van der Waals surface area contributed by atoms with Crippen LogP contribution in [0.3, 0.4) is 0 Å². The van der Waals surface area contributed by atoms with E-state index in [-0.39, 0.29) is 12.3 Å². The third kappa shape index (κ3) is 4.66. The second-order valence-electron chi connectivity index (χ2n) is 8.34. The second kappa shape index (κ2) is 9.76. The van der Waals surface area contributed by atoms with Crippen LogP contribution in [0.15, 0.2) is 76.2 Å². The summed E-state index contributed by atoms with van der Waals surface area (Å²) in [4.78, 5) is 17.7. The number of carbonyl (C=O) groups excluding carboxylic acids is 1. The van der Waals surface area contributed by atoms with Gasteiger partial charge in [-0.2, -0.15) is 0 Å². The van der Waals surface area contributed by atoms with Gasteiger partial charge in [0, 0.05) is 27.2 Å². The third-order valence-corrected chi connectivity index (χ3v) is 6.75. The van der Waals surface area contributed by atoms with Crippen molar-refractivity contribution >= 4 is 39.1 Å². The van der Waals surface area contributed by atoms with E-state index in [1.807, 2.05) is 54.8 Å². The van der Waals surface area contributed by atoms with Gasteiger partial charge in [0.15, 0.2) is 5.82 Å². The Kier molecular flexibility index (Phi) is 6.54. The molecular formula is C27H23BrClN5O. The molecule has 8 heteroatoms. The first kappa shape index (κ1) is 23.5. The molecule has 5 rings (SSSR count). The van der Waals surface area contributed by atoms with Gasteiger partial charge in [-0.25, -0.2) is 0 Å². The number of benzene rings is 3. The Morgan fingerprint density at radius 2 is 1.69 bits per heavy atom. The van der Waals surface area contributed by atoms with Crippen molar-refractivity contribution < 1.29 is 4.79 Å². The molecule has 1 amide bonds. The molecule has 4 aromatic rings. The summed E-state index contributed by atoms with van der Waals surface area (Å²) in [5, 5.41) is 12.3. The second-order valence-corrected chi connectivity index (χ2v) is 9.69. The summed E-state index contributed by atoms with van der Waals surface area (Å²) in [6.07, 6.45) is 0.177. The fourth-order valence-corrected chi connectivity index (χ4v) is 4.73. The predicted molar refractivity (Wildman–Crippen MR) is 142 cm³/mol. The Balaban J connectivity index is 1.74. The van der Waals surface area contributed by atoms with Crippen molar-refractivity contribution in [2.24, 2.45) is 4.99 Å². The number of hydrogen-bond donors (Lipinski definition) is 1. The van der Waals surface area contributed by atoms with Crippen molar-refractivity contribution in [2.75, 3.05) is 6.54 Å². The molecule has 0 fully saturated rings. The number of aryl methyl sites for hydroxylation is 1. The lowest BCUT2D eigenvalue weighted by Crippen LogP contribution is -2.25. The van der Waals surface area contributed by atoms with Crippen molar-refractivity contribution in [1.29, 1.82) is 0 Å². The summed E-state index contributed by atoms with van der Waals surface area (Å²) in [5.41, 5.74) is 5.73. The van der Waals surface area contributed by atoms with Crippen LogP contribution in [0.2, 0.25) is 5.02 Å². The van der Waals surface area contributed by atoms with Crippen LogP contribution >= 0.6 is 27.5 Å². The van der Waals surface area contributed by atoms with Crippen LogP contribution in [0.1, 0.15) is 42.2 Å². The van der Waals surface area contributed by atoms with Gasteiger partial charge in [-0.05, 0) is 61.4 Å². The molecule has 0 saturated carbocycles. The number of amides is 1. The number of aromatic nitrogens is 3. The average molecular weight is 549 g/mol. The van der Waals surface area contributed by atoms with E-state index in [1.165, 1.54) is 0 Å². The first-order valence-corrected chi connectivity index (χ1v) is 12.5. The fraction of sp³-hybridized carbons (Fsp3) is 0.185. The standard InChI is InChI=1S/C27H23BrClN5O/c1-3-30-25(35)15-23-27-33-32-16(2)34(27)24-13-8-19(17-4-9-20(28)10-5-17)14-22(24)26(31-23)18-6-11-21(29)12-7-18/h4-14,23H,3,15H2,1-2H3,(H,30,35). The van der Waals surface area contributed by atoms with Crippen LogP contribution < -0.4 is 5.32 Å². The monoisotopic (exact) mass is 547 g/mol. The molecule has 6 nitrogen and oxygen atoms in total. The first-order valence-electron chi connectivity index (χ1n) is 11.4. The summed E-state index contributed by atoms with van der Waals surface area (Å²) < 4.78 is 3.04. The van der Waals surface area contributed by atoms with E-state index in [4.69, 9.17) is 16.6 Å². The van der Waals surface area contributed by atoms with Crippen LogP contribution in [-0.2, 0) is 4.79 Å². The Hall–Kier alpha value is -3.29. The summed E-state index contributed by atoms with van der Waals surface area (Å²) in [6.45, 7) is 4.38. The summed E-state index contributed by atoms with van der Waals surface area (Å²) in [5.74, 6) is 1.31. The fourth-order valence-electron chi connectivity index (χ4n) is 4.34. The smallest absolute Gasteiger partial charge is 0.222 e. The molecule has 1 unspecified atom stereocenters. The SMILES string of the molecule is CCNC(=O)CC1N=C(c2ccc(Cl)cc2)c2cc(-c3ccc(Br)cc3)ccc2-n2c(C)nnc21. The lowest BCUT2D eigenvalue weighted by molar-refractivity contribution is -0.121. The zero-order chi connectivity index (χ0) is 24.5. The minimum Gasteiger partial charge on any atom is -0.356 e. The minimum atomic E-state index is -0.489. The van der Waals surface area contributed by atoms with E-state index < -0.39 is 6.04 Å². The highest BCUT2D eigenvalue weighted by Crippen LogP contribution is 2.35. The van der Waals surface area contributed by atoms with Gasteiger partial charge in [0.05, 0.1) is 17.8 Å². The van der Waals surface area contributed by atoms with Gasteiger partial charge >= 0.3 is 0 Å². The lowest BCUT2D eigenvalue weighted by Gasteiger charge is -2.15. The highest BCUT2D eigenvalue weighted by Gasteiger charge is 2.29. The number of aliphatic imine (C=N–C) groups is 1. The van der Waals surface area contributed by atoms with Gasteiger partial charge in [-0.1, -0.05) is 57.9 Å². The van der Waals surface area contributed by atoms with Crippen molar-refractivity contribution in [3.63, 3.8) is 0 Å². The summed E-state index contributed by atoms with van der Waals surface area (Å²) >= 11 is 9.70. The first-order chi connectivity index (χ1) is 16.9. The highest BCUT2D eigenvalue weighted by molar-refractivity contribution is 9.10. The molecule has 1 aliphatic rings. The van der Waals surface area contributed by atoms with Gasteiger partial charge < -0.3 is 5.32 Å². The highest BCUT2D eigenvalue weighted by atomic mass is 79.9. The maximum absolute atomic E-state index is 12.6. The molecule has 0 saturated heterocycles. The molecule has 0 radical (unpaired) electrons. The number of nitrogens with zero attached hydrogens (tertiary/aromatic N) is 4. The Bertz CT molecular complexity index is 1430. The van der Waals surface area contributed by atoms with E-state index >= 15 is 0 Å². The molecule has 176 valence electrons. The molecule has 1 aromatic heterocycles. The van der Waals surface area contributed by atoms with Crippen LogP contribution in [0.5, 0.6) is 0 Å². The molecule has 0 aliphatic carbocycles. The molecule has 35 heavy (non-hydrogen) atoms. The van der Waals surface area contributed by atoms with Crippen LogP contribution in [0.4, 0.5) is 0 Å². The summed E-state index contributed by atoms with van der Waals surface area (Å²) in [7, 11) is 0. The Morgan fingerprint density at radius 1 is 1.00 bits per heavy atom. The number of hydrogen-bond acceptors (Lipinski definition) is 4. The molecule has 3 aromatic carbocycles. The van der Waals surface area contributed by atoms with Gasteiger partial charge in [0.2, 0.25) is 5.91 Å². The maximum Gasteiger partial charge on any atom is 0.222 e. The molecule has 0 spiro atoms. The predicted octanol–water partition coefficient (Wildman–Crippen LogP) is 6.08. The Morgan fingerprint density at radius 3 is 2.40 bits per heavy atom. The number of halogens is 2. The zero-order valence-electron chi connectivity index (χ0n) is 19.3.